The summed E-state index contributed by atoms with van der Waals surface area (Å²) < 4.78 is 5.22. The third-order valence-electron chi connectivity index (χ3n) is 4.19. The first kappa shape index (κ1) is 18.8. The average Bonchev–Trinajstić information content (AvgIpc) is 3.04. The molecule has 0 spiro atoms. The molecular formula is C19H25N7O. The lowest BCUT2D eigenvalue weighted by atomic mass is 10.2. The van der Waals surface area contributed by atoms with E-state index in [1.165, 1.54) is 7.11 Å². The molecule has 0 saturated heterocycles. The first-order valence-electron chi connectivity index (χ1n) is 9.00. The predicted molar refractivity (Wildman–Crippen MR) is 106 cm³/mol. The molecule has 3 aromatic rings. The number of hydrogen-bond acceptors (Lipinski definition) is 7. The summed E-state index contributed by atoms with van der Waals surface area (Å²) >= 11 is 0. The van der Waals surface area contributed by atoms with Crippen LogP contribution < -0.4 is 9.64 Å². The number of methoxy groups -OCH3 is 1. The van der Waals surface area contributed by atoms with E-state index in [0.29, 0.717) is 12.5 Å². The van der Waals surface area contributed by atoms with E-state index in [-0.39, 0.29) is 24.0 Å². The molecule has 2 heterocycles. The van der Waals surface area contributed by atoms with Crippen LogP contribution in [0.1, 0.15) is 33.3 Å². The number of H-pyrrole nitrogens is 1. The fourth-order valence-corrected chi connectivity index (χ4v) is 3.08. The van der Waals surface area contributed by atoms with Gasteiger partial charge in [-0.05, 0) is 33.8 Å². The Morgan fingerprint density at radius 3 is 2.52 bits per heavy atom. The van der Waals surface area contributed by atoms with Gasteiger partial charge in [0, 0.05) is 34.7 Å². The van der Waals surface area contributed by atoms with Gasteiger partial charge in [-0.3, -0.25) is 0 Å². The van der Waals surface area contributed by atoms with Crippen LogP contribution in [0.5, 0.6) is 6.01 Å². The highest BCUT2D eigenvalue weighted by atomic mass is 16.5. The Balaban J connectivity index is 1.85. The third kappa shape index (κ3) is 4.21. The van der Waals surface area contributed by atoms with Gasteiger partial charge in [-0.1, -0.05) is 18.2 Å². The molecule has 0 unspecified atom stereocenters. The van der Waals surface area contributed by atoms with E-state index in [9.17, 15) is 0 Å². The zero-order chi connectivity index (χ0) is 19.4. The molecule has 0 bridgehead atoms. The highest BCUT2D eigenvalue weighted by Gasteiger charge is 2.19. The second-order valence-electron chi connectivity index (χ2n) is 6.78. The van der Waals surface area contributed by atoms with Crippen LogP contribution in [0.3, 0.4) is 0 Å². The molecule has 1 N–H and O–H groups in total. The maximum absolute atomic E-state index is 5.22. The molecule has 1 aromatic carbocycles. The molecule has 2 aromatic heterocycles. The van der Waals surface area contributed by atoms with Crippen LogP contribution in [0.4, 0.5) is 11.9 Å². The van der Waals surface area contributed by atoms with Gasteiger partial charge in [-0.2, -0.15) is 20.1 Å². The normalized spacial score (nSPS) is 11.8. The van der Waals surface area contributed by atoms with Crippen LogP contribution in [0.25, 0.3) is 10.9 Å². The fraction of sp³-hybridized carbons (Fsp3) is 0.421. The van der Waals surface area contributed by atoms with Crippen LogP contribution in [0.2, 0.25) is 0 Å². The summed E-state index contributed by atoms with van der Waals surface area (Å²) in [4.78, 5) is 18.3. The number of azo groups is 1. The van der Waals surface area contributed by atoms with E-state index in [4.69, 9.17) is 4.74 Å². The molecule has 0 aliphatic carbocycles. The highest BCUT2D eigenvalue weighted by Crippen LogP contribution is 2.22. The topological polar surface area (TPSA) is 91.7 Å². The van der Waals surface area contributed by atoms with Crippen LogP contribution in [0, 0.1) is 0 Å². The van der Waals surface area contributed by atoms with Gasteiger partial charge in [0.05, 0.1) is 13.7 Å². The number of para-hydroxylation sites is 1. The summed E-state index contributed by atoms with van der Waals surface area (Å²) in [5.41, 5.74) is 2.15. The number of aromatic nitrogens is 4. The van der Waals surface area contributed by atoms with Crippen LogP contribution >= 0.6 is 0 Å². The van der Waals surface area contributed by atoms with Crippen molar-refractivity contribution >= 4 is 22.8 Å². The summed E-state index contributed by atoms with van der Waals surface area (Å²) in [6.07, 6.45) is 1.95. The molecule has 27 heavy (non-hydrogen) atoms. The number of benzene rings is 1. The van der Waals surface area contributed by atoms with Gasteiger partial charge < -0.3 is 14.6 Å². The average molecular weight is 367 g/mol. The fourth-order valence-electron chi connectivity index (χ4n) is 3.08. The third-order valence-corrected chi connectivity index (χ3v) is 4.19. The standard InChI is InChI=1S/C19H25N7O/c1-12(2)26(13(3)4)18-22-17(23-19(24-18)27-5)25-21-11-14-10-20-16-9-7-6-8-15(14)16/h6-10,12-13,20H,11H2,1-5H3. The van der Waals surface area contributed by atoms with Crippen molar-refractivity contribution in [2.24, 2.45) is 10.2 Å². The molecule has 0 fully saturated rings. The minimum Gasteiger partial charge on any atom is -0.467 e. The SMILES string of the molecule is COc1nc(N=NCc2c[nH]c3ccccc23)nc(N(C(C)C)C(C)C)n1. The van der Waals surface area contributed by atoms with E-state index in [1.807, 2.05) is 24.4 Å². The van der Waals surface area contributed by atoms with Gasteiger partial charge in [0.2, 0.25) is 5.95 Å². The van der Waals surface area contributed by atoms with E-state index in [1.54, 1.807) is 0 Å². The molecule has 142 valence electrons. The summed E-state index contributed by atoms with van der Waals surface area (Å²) in [5.74, 6) is 0.774. The van der Waals surface area contributed by atoms with Crippen LogP contribution in [0.15, 0.2) is 40.7 Å². The Hall–Kier alpha value is -3.03. The molecule has 0 saturated carbocycles. The Morgan fingerprint density at radius 1 is 1.07 bits per heavy atom. The molecule has 0 aliphatic rings. The number of aromatic amines is 1. The van der Waals surface area contributed by atoms with Gasteiger partial charge in [-0.25, -0.2) is 0 Å². The minimum atomic E-state index is 0.229. The molecular weight excluding hydrogens is 342 g/mol. The van der Waals surface area contributed by atoms with Gasteiger partial charge in [0.1, 0.15) is 0 Å². The van der Waals surface area contributed by atoms with E-state index >= 15 is 0 Å². The van der Waals surface area contributed by atoms with Gasteiger partial charge in [0.15, 0.2) is 0 Å². The lowest BCUT2D eigenvalue weighted by Crippen LogP contribution is -2.38. The molecule has 0 aliphatic heterocycles. The zero-order valence-corrected chi connectivity index (χ0v) is 16.3. The number of fused-ring (bicyclic) bond motifs is 1. The zero-order valence-electron chi connectivity index (χ0n) is 16.3. The van der Waals surface area contributed by atoms with Crippen molar-refractivity contribution in [1.29, 1.82) is 0 Å². The molecule has 0 amide bonds. The van der Waals surface area contributed by atoms with E-state index in [2.05, 4.69) is 68.8 Å². The van der Waals surface area contributed by atoms with Crippen molar-refractivity contribution in [2.45, 2.75) is 46.3 Å². The summed E-state index contributed by atoms with van der Waals surface area (Å²) in [5, 5.41) is 9.61. The van der Waals surface area contributed by atoms with Crippen molar-refractivity contribution in [3.05, 3.63) is 36.0 Å². The quantitative estimate of drug-likeness (QED) is 0.630. The molecule has 8 nitrogen and oxygen atoms in total. The number of nitrogens with zero attached hydrogens (tertiary/aromatic N) is 6. The first-order chi connectivity index (χ1) is 13.0. The largest absolute Gasteiger partial charge is 0.467 e. The molecule has 0 atom stereocenters. The van der Waals surface area contributed by atoms with E-state index in [0.717, 1.165) is 16.5 Å². The van der Waals surface area contributed by atoms with Crippen LogP contribution in [-0.2, 0) is 6.54 Å². The molecule has 0 radical (unpaired) electrons. The van der Waals surface area contributed by atoms with Gasteiger partial charge in [0.25, 0.3) is 5.95 Å². The lowest BCUT2D eigenvalue weighted by molar-refractivity contribution is 0.377. The number of anilines is 1. The lowest BCUT2D eigenvalue weighted by Gasteiger charge is -2.30. The number of rotatable bonds is 7. The van der Waals surface area contributed by atoms with Gasteiger partial charge >= 0.3 is 6.01 Å². The molecule has 3 rings (SSSR count). The number of ether oxygens (including phenoxy) is 1. The maximum atomic E-state index is 5.22. The van der Waals surface area contributed by atoms with Crippen molar-refractivity contribution < 1.29 is 4.74 Å². The minimum absolute atomic E-state index is 0.229. The first-order valence-corrected chi connectivity index (χ1v) is 9.00. The Kier molecular flexibility index (Phi) is 5.63. The maximum Gasteiger partial charge on any atom is 0.322 e. The highest BCUT2D eigenvalue weighted by molar-refractivity contribution is 5.82. The summed E-state index contributed by atoms with van der Waals surface area (Å²) in [7, 11) is 1.53. The monoisotopic (exact) mass is 367 g/mol. The number of hydrogen-bond donors (Lipinski definition) is 1. The Bertz CT molecular complexity index is 925. The smallest absolute Gasteiger partial charge is 0.322 e. The van der Waals surface area contributed by atoms with Gasteiger partial charge in [-0.15, -0.1) is 5.11 Å². The Labute approximate surface area is 158 Å². The predicted octanol–water partition coefficient (Wildman–Crippen LogP) is 4.27. The van der Waals surface area contributed by atoms with Crippen molar-refractivity contribution in [1.82, 2.24) is 19.9 Å². The van der Waals surface area contributed by atoms with E-state index < -0.39 is 0 Å². The van der Waals surface area contributed by atoms with Crippen molar-refractivity contribution in [3.8, 4) is 6.01 Å². The Morgan fingerprint density at radius 2 is 1.81 bits per heavy atom. The molecule has 8 heteroatoms. The summed E-state index contributed by atoms with van der Waals surface area (Å²) in [6.45, 7) is 8.80. The van der Waals surface area contributed by atoms with Crippen LogP contribution in [-0.4, -0.2) is 39.1 Å². The second kappa shape index (κ2) is 8.11. The number of nitrogens with one attached hydrogen (secondary N) is 1. The van der Waals surface area contributed by atoms with Crippen molar-refractivity contribution in [3.63, 3.8) is 0 Å². The summed E-state index contributed by atoms with van der Waals surface area (Å²) in [6, 6.07) is 8.79. The van der Waals surface area contributed by atoms with Crippen molar-refractivity contribution in [2.75, 3.05) is 12.0 Å². The second-order valence-corrected chi connectivity index (χ2v) is 6.78.